The van der Waals surface area contributed by atoms with Gasteiger partial charge in [-0.15, -0.1) is 0 Å². The summed E-state index contributed by atoms with van der Waals surface area (Å²) in [6, 6.07) is -0.0342. The molecule has 0 amide bonds. The van der Waals surface area contributed by atoms with E-state index in [1.807, 2.05) is 24.7 Å². The van der Waals surface area contributed by atoms with Crippen LogP contribution < -0.4 is 4.90 Å². The van der Waals surface area contributed by atoms with Crippen LogP contribution in [0.25, 0.3) is 0 Å². The number of hydrogen-bond donors (Lipinski definition) is 1. The van der Waals surface area contributed by atoms with Crippen molar-refractivity contribution in [1.29, 1.82) is 0 Å². The normalized spacial score (nSPS) is 25.5. The number of nitrogens with zero attached hydrogens (tertiary/aromatic N) is 4. The maximum atomic E-state index is 11.7. The van der Waals surface area contributed by atoms with E-state index >= 15 is 0 Å². The fourth-order valence-electron chi connectivity index (χ4n) is 3.32. The molecule has 8 heteroatoms. The minimum Gasteiger partial charge on any atom is -0.334 e. The Labute approximate surface area is 137 Å². The first-order valence-corrected chi connectivity index (χ1v) is 10.0. The van der Waals surface area contributed by atoms with E-state index in [0.717, 1.165) is 43.1 Å². The van der Waals surface area contributed by atoms with Crippen LogP contribution in [0.1, 0.15) is 29.4 Å². The van der Waals surface area contributed by atoms with Crippen molar-refractivity contribution in [3.05, 3.63) is 17.0 Å². The molecule has 0 radical (unpaired) electrons. The van der Waals surface area contributed by atoms with Crippen LogP contribution in [0.4, 0.5) is 0 Å². The number of aromatic nitrogens is 2. The SMILES string of the molecule is Cc1nn([C@H]2CCS(=O)(=O)C2)c(C)c1/C=N\N1CC[NH+](C)CC1. The standard InChI is InChI=1S/C15H25N5O2S/c1-12-15(10-16-19-7-5-18(3)6-8-19)13(2)20(17-12)14-4-9-23(21,22)11-14/h10,14H,4-9,11H2,1-3H3/p+1/b16-10-/t14-/m0/s1. The molecule has 2 saturated heterocycles. The quantitative estimate of drug-likeness (QED) is 0.718. The predicted octanol–water partition coefficient (Wildman–Crippen LogP) is -0.976. The minimum absolute atomic E-state index is 0.0342. The second kappa shape index (κ2) is 6.24. The van der Waals surface area contributed by atoms with E-state index in [1.54, 1.807) is 4.90 Å². The van der Waals surface area contributed by atoms with Crippen LogP contribution in [0.3, 0.4) is 0 Å². The van der Waals surface area contributed by atoms with Crippen LogP contribution in [0.5, 0.6) is 0 Å². The van der Waals surface area contributed by atoms with Gasteiger partial charge in [-0.2, -0.15) is 10.2 Å². The predicted molar refractivity (Wildman–Crippen MR) is 89.8 cm³/mol. The molecule has 1 atom stereocenters. The molecule has 0 unspecified atom stereocenters. The average Bonchev–Trinajstić information content (AvgIpc) is 2.99. The summed E-state index contributed by atoms with van der Waals surface area (Å²) in [5.74, 6) is 0.468. The third-order valence-corrected chi connectivity index (χ3v) is 6.63. The van der Waals surface area contributed by atoms with Crippen molar-refractivity contribution >= 4 is 16.1 Å². The number of quaternary nitrogens is 1. The molecule has 2 aliphatic heterocycles. The molecule has 1 aromatic heterocycles. The highest BCUT2D eigenvalue weighted by atomic mass is 32.2. The van der Waals surface area contributed by atoms with Gasteiger partial charge in [0.1, 0.15) is 0 Å². The van der Waals surface area contributed by atoms with E-state index < -0.39 is 9.84 Å². The molecule has 0 spiro atoms. The first-order valence-electron chi connectivity index (χ1n) is 8.22. The molecule has 3 heterocycles. The van der Waals surface area contributed by atoms with Gasteiger partial charge in [-0.3, -0.25) is 9.69 Å². The van der Waals surface area contributed by atoms with Gasteiger partial charge in [-0.05, 0) is 20.3 Å². The smallest absolute Gasteiger partial charge is 0.152 e. The molecule has 1 N–H and O–H groups in total. The van der Waals surface area contributed by atoms with Gasteiger partial charge in [0, 0.05) is 11.3 Å². The molecule has 23 heavy (non-hydrogen) atoms. The fraction of sp³-hybridized carbons (Fsp3) is 0.733. The summed E-state index contributed by atoms with van der Waals surface area (Å²) in [5, 5.41) is 11.3. The molecule has 1 aromatic rings. The minimum atomic E-state index is -2.90. The number of likely N-dealkylation sites (N-methyl/N-ethyl adjacent to an activating group) is 1. The Hall–Kier alpha value is -1.41. The Bertz CT molecular complexity index is 702. The third kappa shape index (κ3) is 3.58. The van der Waals surface area contributed by atoms with Gasteiger partial charge in [-0.25, -0.2) is 8.42 Å². The summed E-state index contributed by atoms with van der Waals surface area (Å²) in [6.07, 6.45) is 2.54. The number of piperazine rings is 1. The van der Waals surface area contributed by atoms with E-state index in [-0.39, 0.29) is 17.5 Å². The lowest BCUT2D eigenvalue weighted by atomic mass is 10.2. The molecule has 128 valence electrons. The number of sulfone groups is 1. The van der Waals surface area contributed by atoms with Crippen molar-refractivity contribution in [3.8, 4) is 0 Å². The molecular weight excluding hydrogens is 314 g/mol. The van der Waals surface area contributed by atoms with Crippen molar-refractivity contribution in [2.75, 3.05) is 44.7 Å². The van der Waals surface area contributed by atoms with Crippen LogP contribution in [0.15, 0.2) is 5.10 Å². The van der Waals surface area contributed by atoms with E-state index in [0.29, 0.717) is 6.42 Å². The van der Waals surface area contributed by atoms with Gasteiger partial charge >= 0.3 is 0 Å². The lowest BCUT2D eigenvalue weighted by Gasteiger charge is -2.27. The Morgan fingerprint density at radius 3 is 2.61 bits per heavy atom. The first kappa shape index (κ1) is 16.4. The molecule has 0 bridgehead atoms. The highest BCUT2D eigenvalue weighted by Gasteiger charge is 2.31. The number of rotatable bonds is 3. The maximum absolute atomic E-state index is 11.7. The van der Waals surface area contributed by atoms with Gasteiger partial charge in [0.25, 0.3) is 0 Å². The van der Waals surface area contributed by atoms with Crippen LogP contribution >= 0.6 is 0 Å². The second-order valence-electron chi connectivity index (χ2n) is 6.74. The Kier molecular flexibility index (Phi) is 4.46. The average molecular weight is 340 g/mol. The maximum Gasteiger partial charge on any atom is 0.152 e. The highest BCUT2D eigenvalue weighted by Crippen LogP contribution is 2.26. The van der Waals surface area contributed by atoms with E-state index in [4.69, 9.17) is 0 Å². The van der Waals surface area contributed by atoms with Crippen molar-refractivity contribution in [2.45, 2.75) is 26.3 Å². The molecule has 2 aliphatic rings. The molecule has 7 nitrogen and oxygen atoms in total. The molecule has 0 aromatic carbocycles. The largest absolute Gasteiger partial charge is 0.334 e. The lowest BCUT2D eigenvalue weighted by molar-refractivity contribution is -0.884. The van der Waals surface area contributed by atoms with E-state index in [2.05, 4.69) is 22.3 Å². The van der Waals surface area contributed by atoms with Gasteiger partial charge in [0.05, 0.1) is 62.7 Å². The van der Waals surface area contributed by atoms with E-state index in [1.165, 1.54) is 0 Å². The van der Waals surface area contributed by atoms with Crippen LogP contribution in [-0.2, 0) is 9.84 Å². The van der Waals surface area contributed by atoms with Gasteiger partial charge < -0.3 is 4.90 Å². The van der Waals surface area contributed by atoms with Gasteiger partial charge in [-0.1, -0.05) is 0 Å². The Balaban J connectivity index is 1.76. The number of hydrazone groups is 1. The summed E-state index contributed by atoms with van der Waals surface area (Å²) < 4.78 is 25.3. The second-order valence-corrected chi connectivity index (χ2v) is 8.97. The molecule has 0 saturated carbocycles. The fourth-order valence-corrected chi connectivity index (χ4v) is 5.01. The van der Waals surface area contributed by atoms with Crippen molar-refractivity contribution in [2.24, 2.45) is 5.10 Å². The van der Waals surface area contributed by atoms with Gasteiger partial charge in [0.15, 0.2) is 9.84 Å². The molecule has 0 aliphatic carbocycles. The zero-order chi connectivity index (χ0) is 16.6. The van der Waals surface area contributed by atoms with Crippen LogP contribution in [-0.4, -0.2) is 74.2 Å². The first-order chi connectivity index (χ1) is 10.9. The number of hydrogen-bond acceptors (Lipinski definition) is 5. The molecule has 3 rings (SSSR count). The number of nitrogens with one attached hydrogen (secondary N) is 1. The molecular formula is C15H26N5O2S+. The topological polar surface area (TPSA) is 72.0 Å². The third-order valence-electron chi connectivity index (χ3n) is 4.88. The molecule has 2 fully saturated rings. The lowest BCUT2D eigenvalue weighted by Crippen LogP contribution is -3.11. The zero-order valence-electron chi connectivity index (χ0n) is 14.1. The zero-order valence-corrected chi connectivity index (χ0v) is 14.9. The highest BCUT2D eigenvalue weighted by molar-refractivity contribution is 7.91. The van der Waals surface area contributed by atoms with Crippen LogP contribution in [0.2, 0.25) is 0 Å². The summed E-state index contributed by atoms with van der Waals surface area (Å²) in [6.45, 7) is 8.11. The van der Waals surface area contributed by atoms with Crippen molar-refractivity contribution in [1.82, 2.24) is 14.8 Å². The van der Waals surface area contributed by atoms with E-state index in [9.17, 15) is 8.42 Å². The summed E-state index contributed by atoms with van der Waals surface area (Å²) in [5.41, 5.74) is 2.93. The van der Waals surface area contributed by atoms with Crippen molar-refractivity contribution < 1.29 is 13.3 Å². The summed E-state index contributed by atoms with van der Waals surface area (Å²) >= 11 is 0. The van der Waals surface area contributed by atoms with Crippen LogP contribution in [0, 0.1) is 13.8 Å². The van der Waals surface area contributed by atoms with Gasteiger partial charge in [0.2, 0.25) is 0 Å². The Morgan fingerprint density at radius 1 is 1.30 bits per heavy atom. The van der Waals surface area contributed by atoms with Crippen molar-refractivity contribution in [3.63, 3.8) is 0 Å². The monoisotopic (exact) mass is 340 g/mol. The summed E-state index contributed by atoms with van der Waals surface area (Å²) in [4.78, 5) is 1.54. The Morgan fingerprint density at radius 2 is 2.00 bits per heavy atom. The number of aryl methyl sites for hydroxylation is 1. The summed E-state index contributed by atoms with van der Waals surface area (Å²) in [7, 11) is -0.700.